The number of carbonyl (C=O) groups is 2. The van der Waals surface area contributed by atoms with Crippen LogP contribution in [0.25, 0.3) is 0 Å². The highest BCUT2D eigenvalue weighted by atomic mass is 16.6. The minimum absolute atomic E-state index is 0.563. The van der Waals surface area contributed by atoms with Crippen molar-refractivity contribution in [2.75, 3.05) is 33.3 Å². The number of hydrogen-bond donors (Lipinski definition) is 1. The highest BCUT2D eigenvalue weighted by Gasteiger charge is 2.23. The molecular formula is C9H16N2O4. The summed E-state index contributed by atoms with van der Waals surface area (Å²) in [6, 6.07) is 0. The summed E-state index contributed by atoms with van der Waals surface area (Å²) >= 11 is 0. The van der Waals surface area contributed by atoms with E-state index in [1.54, 1.807) is 0 Å². The van der Waals surface area contributed by atoms with E-state index in [2.05, 4.69) is 10.1 Å². The van der Waals surface area contributed by atoms with Crippen molar-refractivity contribution in [3.63, 3.8) is 0 Å². The van der Waals surface area contributed by atoms with Gasteiger partial charge in [-0.15, -0.1) is 0 Å². The Morgan fingerprint density at radius 1 is 1.33 bits per heavy atom. The third kappa shape index (κ3) is 3.49. The Hall–Kier alpha value is -1.14. The Morgan fingerprint density at radius 3 is 2.47 bits per heavy atom. The van der Waals surface area contributed by atoms with Gasteiger partial charge in [-0.2, -0.15) is 0 Å². The van der Waals surface area contributed by atoms with Crippen LogP contribution in [-0.4, -0.2) is 56.4 Å². The number of nitrogens with one attached hydrogen (secondary N) is 1. The van der Waals surface area contributed by atoms with E-state index in [-0.39, 0.29) is 0 Å². The second-order valence-corrected chi connectivity index (χ2v) is 3.30. The molecule has 1 N–H and O–H groups in total. The van der Waals surface area contributed by atoms with E-state index < -0.39 is 18.2 Å². The SMILES string of the molecule is COC(C)C(=O)OC(=O)N1CCNCC1. The van der Waals surface area contributed by atoms with Gasteiger partial charge in [-0.05, 0) is 6.92 Å². The van der Waals surface area contributed by atoms with E-state index in [0.29, 0.717) is 13.1 Å². The third-order valence-corrected chi connectivity index (χ3v) is 2.25. The zero-order chi connectivity index (χ0) is 11.3. The van der Waals surface area contributed by atoms with E-state index in [0.717, 1.165) is 13.1 Å². The van der Waals surface area contributed by atoms with Crippen LogP contribution in [-0.2, 0) is 14.3 Å². The Balaban J connectivity index is 2.37. The van der Waals surface area contributed by atoms with Crippen LogP contribution in [0.5, 0.6) is 0 Å². The first-order valence-electron chi connectivity index (χ1n) is 4.89. The lowest BCUT2D eigenvalue weighted by molar-refractivity contribution is -0.148. The molecule has 6 nitrogen and oxygen atoms in total. The zero-order valence-electron chi connectivity index (χ0n) is 8.99. The van der Waals surface area contributed by atoms with E-state index in [1.165, 1.54) is 18.9 Å². The van der Waals surface area contributed by atoms with Gasteiger partial charge in [-0.25, -0.2) is 9.59 Å². The summed E-state index contributed by atoms with van der Waals surface area (Å²) in [6.45, 7) is 4.11. The molecule has 1 rings (SSSR count). The standard InChI is InChI=1S/C9H16N2O4/c1-7(14-2)8(12)15-9(13)11-5-3-10-4-6-11/h7,10H,3-6H2,1-2H3. The molecule has 1 fully saturated rings. The molecule has 1 aliphatic rings. The number of esters is 1. The average Bonchev–Trinajstić information content (AvgIpc) is 2.29. The van der Waals surface area contributed by atoms with Crippen molar-refractivity contribution in [2.24, 2.45) is 0 Å². The molecule has 0 aromatic rings. The highest BCUT2D eigenvalue weighted by molar-refractivity contribution is 5.86. The predicted octanol–water partition coefficient (Wildman–Crippen LogP) is -0.410. The number of rotatable bonds is 2. The van der Waals surface area contributed by atoms with Gasteiger partial charge in [0.1, 0.15) is 0 Å². The Kier molecular flexibility index (Phi) is 4.51. The molecule has 86 valence electrons. The van der Waals surface area contributed by atoms with Gasteiger partial charge in [-0.3, -0.25) is 0 Å². The molecule has 0 saturated carbocycles. The van der Waals surface area contributed by atoms with E-state index >= 15 is 0 Å². The molecule has 0 aromatic heterocycles. The van der Waals surface area contributed by atoms with Gasteiger partial charge < -0.3 is 19.7 Å². The average molecular weight is 216 g/mol. The third-order valence-electron chi connectivity index (χ3n) is 2.25. The zero-order valence-corrected chi connectivity index (χ0v) is 8.99. The van der Waals surface area contributed by atoms with Crippen LogP contribution in [0.2, 0.25) is 0 Å². The molecule has 0 spiro atoms. The molecule has 1 amide bonds. The highest BCUT2D eigenvalue weighted by Crippen LogP contribution is 2.00. The second-order valence-electron chi connectivity index (χ2n) is 3.30. The van der Waals surface area contributed by atoms with Crippen molar-refractivity contribution in [3.8, 4) is 0 Å². The van der Waals surface area contributed by atoms with Gasteiger partial charge in [0.15, 0.2) is 6.10 Å². The summed E-state index contributed by atoms with van der Waals surface area (Å²) in [5.74, 6) is -0.652. The first-order chi connectivity index (χ1) is 7.15. The number of carbonyl (C=O) groups excluding carboxylic acids is 2. The van der Waals surface area contributed by atoms with Crippen LogP contribution in [0.3, 0.4) is 0 Å². The number of nitrogens with zero attached hydrogens (tertiary/aromatic N) is 1. The molecule has 1 heterocycles. The maximum Gasteiger partial charge on any atom is 0.417 e. The monoisotopic (exact) mass is 216 g/mol. The number of ether oxygens (including phenoxy) is 2. The van der Waals surface area contributed by atoms with Crippen LogP contribution < -0.4 is 5.32 Å². The Labute approximate surface area is 88.5 Å². The number of methoxy groups -OCH3 is 1. The van der Waals surface area contributed by atoms with Crippen LogP contribution in [0, 0.1) is 0 Å². The van der Waals surface area contributed by atoms with Crippen LogP contribution >= 0.6 is 0 Å². The summed E-state index contributed by atoms with van der Waals surface area (Å²) in [5.41, 5.74) is 0. The maximum absolute atomic E-state index is 11.4. The van der Waals surface area contributed by atoms with Crippen LogP contribution in [0.4, 0.5) is 4.79 Å². The smallest absolute Gasteiger partial charge is 0.374 e. The lowest BCUT2D eigenvalue weighted by Crippen LogP contribution is -2.47. The van der Waals surface area contributed by atoms with Crippen molar-refractivity contribution < 1.29 is 19.1 Å². The minimum Gasteiger partial charge on any atom is -0.374 e. The number of amides is 1. The van der Waals surface area contributed by atoms with E-state index in [9.17, 15) is 9.59 Å². The summed E-state index contributed by atoms with van der Waals surface area (Å²) in [6.07, 6.45) is -1.30. The minimum atomic E-state index is -0.711. The van der Waals surface area contributed by atoms with Crippen LogP contribution in [0.15, 0.2) is 0 Å². The van der Waals surface area contributed by atoms with Crippen molar-refractivity contribution in [1.82, 2.24) is 10.2 Å². The molecule has 0 bridgehead atoms. The normalized spacial score (nSPS) is 18.4. The van der Waals surface area contributed by atoms with Gasteiger partial charge in [0.2, 0.25) is 0 Å². The molecule has 1 unspecified atom stereocenters. The molecule has 15 heavy (non-hydrogen) atoms. The number of piperazine rings is 1. The molecular weight excluding hydrogens is 200 g/mol. The molecule has 1 saturated heterocycles. The fourth-order valence-corrected chi connectivity index (χ4v) is 1.18. The summed E-state index contributed by atoms with van der Waals surface area (Å²) < 4.78 is 9.38. The van der Waals surface area contributed by atoms with Crippen molar-refractivity contribution in [3.05, 3.63) is 0 Å². The molecule has 0 radical (unpaired) electrons. The summed E-state index contributed by atoms with van der Waals surface area (Å²) in [5, 5.41) is 3.10. The van der Waals surface area contributed by atoms with Crippen molar-refractivity contribution in [1.29, 1.82) is 0 Å². The quantitative estimate of drug-likeness (QED) is 0.502. The largest absolute Gasteiger partial charge is 0.417 e. The molecule has 1 aliphatic heterocycles. The fraction of sp³-hybridized carbons (Fsp3) is 0.778. The topological polar surface area (TPSA) is 67.9 Å². The molecule has 6 heteroatoms. The van der Waals surface area contributed by atoms with Gasteiger partial charge in [-0.1, -0.05) is 0 Å². The molecule has 0 aliphatic carbocycles. The first kappa shape index (κ1) is 11.9. The van der Waals surface area contributed by atoms with Gasteiger partial charge in [0, 0.05) is 33.3 Å². The molecule has 1 atom stereocenters. The second kappa shape index (κ2) is 5.67. The Morgan fingerprint density at radius 2 is 1.93 bits per heavy atom. The van der Waals surface area contributed by atoms with E-state index in [1.807, 2.05) is 0 Å². The van der Waals surface area contributed by atoms with Crippen molar-refractivity contribution in [2.45, 2.75) is 13.0 Å². The van der Waals surface area contributed by atoms with Crippen molar-refractivity contribution >= 4 is 12.1 Å². The summed E-state index contributed by atoms with van der Waals surface area (Å²) in [7, 11) is 1.39. The van der Waals surface area contributed by atoms with E-state index in [4.69, 9.17) is 4.74 Å². The fourth-order valence-electron chi connectivity index (χ4n) is 1.18. The lowest BCUT2D eigenvalue weighted by atomic mass is 10.4. The lowest BCUT2D eigenvalue weighted by Gasteiger charge is -2.26. The first-order valence-corrected chi connectivity index (χ1v) is 4.89. The number of hydrogen-bond acceptors (Lipinski definition) is 5. The van der Waals surface area contributed by atoms with Gasteiger partial charge >= 0.3 is 12.1 Å². The van der Waals surface area contributed by atoms with Gasteiger partial charge in [0.25, 0.3) is 0 Å². The van der Waals surface area contributed by atoms with Crippen LogP contribution in [0.1, 0.15) is 6.92 Å². The Bertz CT molecular complexity index is 238. The predicted molar refractivity (Wildman–Crippen MR) is 52.4 cm³/mol. The maximum atomic E-state index is 11.4. The summed E-state index contributed by atoms with van der Waals surface area (Å²) in [4.78, 5) is 24.1. The van der Waals surface area contributed by atoms with Gasteiger partial charge in [0.05, 0.1) is 0 Å². The molecule has 0 aromatic carbocycles.